The number of methoxy groups -OCH3 is 1. The third-order valence-corrected chi connectivity index (χ3v) is 8.29. The monoisotopic (exact) mass is 434 g/mol. The molecular formula is C22H34N4O3S. The largest absolute Gasteiger partial charge is 0.469 e. The molecule has 0 radical (unpaired) electrons. The Bertz CT molecular complexity index is 726. The number of carbonyl (C=O) groups excluding carboxylic acids is 2. The van der Waals surface area contributed by atoms with Gasteiger partial charge in [-0.25, -0.2) is 9.78 Å². The number of nitrogens with one attached hydrogen (secondary N) is 1. The summed E-state index contributed by atoms with van der Waals surface area (Å²) in [6, 6.07) is 0.219. The highest BCUT2D eigenvalue weighted by molar-refractivity contribution is 7.11. The number of piperidine rings is 1. The predicted molar refractivity (Wildman–Crippen MR) is 117 cm³/mol. The zero-order valence-electron chi connectivity index (χ0n) is 18.2. The van der Waals surface area contributed by atoms with Crippen molar-refractivity contribution in [2.24, 2.45) is 5.92 Å². The van der Waals surface area contributed by atoms with Crippen molar-refractivity contribution in [1.82, 2.24) is 20.1 Å². The lowest BCUT2D eigenvalue weighted by molar-refractivity contribution is -0.146. The first-order valence-corrected chi connectivity index (χ1v) is 12.2. The fraction of sp³-hybridized carbons (Fsp3) is 0.773. The predicted octanol–water partition coefficient (Wildman–Crippen LogP) is 2.79. The highest BCUT2D eigenvalue weighted by atomic mass is 32.1. The van der Waals surface area contributed by atoms with Crippen molar-refractivity contribution in [3.63, 3.8) is 0 Å². The summed E-state index contributed by atoms with van der Waals surface area (Å²) in [6.07, 6.45) is 7.45. The third-order valence-electron chi connectivity index (χ3n) is 6.97. The Morgan fingerprint density at radius 1 is 1.03 bits per heavy atom. The molecular weight excluding hydrogens is 400 g/mol. The molecule has 2 amide bonds. The minimum Gasteiger partial charge on any atom is -0.469 e. The van der Waals surface area contributed by atoms with Crippen LogP contribution in [0.2, 0.25) is 0 Å². The number of likely N-dealkylation sites (tertiary alicyclic amines) is 1. The molecule has 1 saturated carbocycles. The van der Waals surface area contributed by atoms with Crippen molar-refractivity contribution >= 4 is 23.3 Å². The van der Waals surface area contributed by atoms with E-state index in [0.29, 0.717) is 5.92 Å². The van der Waals surface area contributed by atoms with Gasteiger partial charge in [-0.3, -0.25) is 4.79 Å². The second kappa shape index (κ2) is 9.64. The van der Waals surface area contributed by atoms with Crippen LogP contribution in [0.5, 0.6) is 0 Å². The molecule has 0 bridgehead atoms. The Balaban J connectivity index is 1.24. The number of esters is 1. The van der Waals surface area contributed by atoms with E-state index in [0.717, 1.165) is 77.5 Å². The van der Waals surface area contributed by atoms with Gasteiger partial charge in [0.1, 0.15) is 0 Å². The van der Waals surface area contributed by atoms with E-state index in [1.807, 2.05) is 16.2 Å². The minimum atomic E-state index is -0.117. The Morgan fingerprint density at radius 2 is 1.73 bits per heavy atom. The van der Waals surface area contributed by atoms with Crippen LogP contribution in [-0.4, -0.2) is 73.2 Å². The van der Waals surface area contributed by atoms with E-state index >= 15 is 0 Å². The molecule has 0 aromatic carbocycles. The zero-order valence-corrected chi connectivity index (χ0v) is 19.0. The lowest BCUT2D eigenvalue weighted by Gasteiger charge is -2.34. The SMILES string of the molecule is COC(=O)C1CCC(NC(=O)N2CCC(c3nc4c(s3)CCN(C)CC4)CC2)CC1. The Labute approximate surface area is 183 Å². The first-order valence-electron chi connectivity index (χ1n) is 11.3. The number of urea groups is 1. The number of nitrogens with zero attached hydrogens (tertiary/aromatic N) is 3. The molecule has 4 rings (SSSR count). The zero-order chi connectivity index (χ0) is 21.1. The maximum atomic E-state index is 12.7. The molecule has 1 aromatic rings. The molecule has 1 N–H and O–H groups in total. The van der Waals surface area contributed by atoms with Crippen LogP contribution in [0, 0.1) is 5.92 Å². The average Bonchev–Trinajstić information content (AvgIpc) is 3.11. The Morgan fingerprint density at radius 3 is 2.43 bits per heavy atom. The van der Waals surface area contributed by atoms with E-state index in [-0.39, 0.29) is 24.0 Å². The molecule has 2 fully saturated rings. The average molecular weight is 435 g/mol. The smallest absolute Gasteiger partial charge is 0.317 e. The quantitative estimate of drug-likeness (QED) is 0.741. The van der Waals surface area contributed by atoms with Crippen molar-refractivity contribution in [3.05, 3.63) is 15.6 Å². The van der Waals surface area contributed by atoms with Gasteiger partial charge in [-0.15, -0.1) is 11.3 Å². The van der Waals surface area contributed by atoms with Crippen LogP contribution in [0.3, 0.4) is 0 Å². The fourth-order valence-corrected chi connectivity index (χ4v) is 6.17. The van der Waals surface area contributed by atoms with Crippen LogP contribution < -0.4 is 5.32 Å². The van der Waals surface area contributed by atoms with E-state index in [9.17, 15) is 9.59 Å². The molecule has 1 aliphatic carbocycles. The molecule has 0 atom stereocenters. The topological polar surface area (TPSA) is 74.8 Å². The van der Waals surface area contributed by atoms with Gasteiger partial charge in [-0.2, -0.15) is 0 Å². The number of likely N-dealkylation sites (N-methyl/N-ethyl adjacent to an activating group) is 1. The summed E-state index contributed by atoms with van der Waals surface area (Å²) in [5, 5.41) is 4.47. The second-order valence-electron chi connectivity index (χ2n) is 9.01. The number of rotatable bonds is 3. The molecule has 7 nitrogen and oxygen atoms in total. The van der Waals surface area contributed by atoms with Crippen LogP contribution in [-0.2, 0) is 22.4 Å². The lowest BCUT2D eigenvalue weighted by Crippen LogP contribution is -2.48. The molecule has 30 heavy (non-hydrogen) atoms. The van der Waals surface area contributed by atoms with Crippen molar-refractivity contribution in [3.8, 4) is 0 Å². The number of carbonyl (C=O) groups is 2. The highest BCUT2D eigenvalue weighted by Crippen LogP contribution is 2.34. The number of hydrogen-bond acceptors (Lipinski definition) is 6. The van der Waals surface area contributed by atoms with E-state index in [2.05, 4.69) is 17.3 Å². The van der Waals surface area contributed by atoms with Crippen LogP contribution in [0.1, 0.15) is 60.0 Å². The molecule has 0 unspecified atom stereocenters. The van der Waals surface area contributed by atoms with Crippen molar-refractivity contribution in [1.29, 1.82) is 0 Å². The molecule has 8 heteroatoms. The normalized spacial score (nSPS) is 26.0. The summed E-state index contributed by atoms with van der Waals surface area (Å²) in [7, 11) is 3.63. The number of hydrogen-bond donors (Lipinski definition) is 1. The Kier molecular flexibility index (Phi) is 6.93. The molecule has 2 aliphatic heterocycles. The van der Waals surface area contributed by atoms with E-state index in [4.69, 9.17) is 9.72 Å². The van der Waals surface area contributed by atoms with E-state index in [1.165, 1.54) is 22.7 Å². The summed E-state index contributed by atoms with van der Waals surface area (Å²) in [5.41, 5.74) is 1.31. The molecule has 1 saturated heterocycles. The van der Waals surface area contributed by atoms with Gasteiger partial charge in [0.05, 0.1) is 23.7 Å². The molecule has 3 heterocycles. The second-order valence-corrected chi connectivity index (χ2v) is 10.1. The van der Waals surface area contributed by atoms with Crippen molar-refractivity contribution in [2.45, 2.75) is 63.3 Å². The van der Waals surface area contributed by atoms with E-state index in [1.54, 1.807) is 0 Å². The lowest BCUT2D eigenvalue weighted by atomic mass is 9.86. The number of ether oxygens (including phenoxy) is 1. The molecule has 1 aromatic heterocycles. The number of aromatic nitrogens is 1. The van der Waals surface area contributed by atoms with Gasteiger partial charge >= 0.3 is 12.0 Å². The van der Waals surface area contributed by atoms with Crippen LogP contribution in [0.15, 0.2) is 0 Å². The number of fused-ring (bicyclic) bond motifs is 1. The van der Waals surface area contributed by atoms with E-state index < -0.39 is 0 Å². The summed E-state index contributed by atoms with van der Waals surface area (Å²) < 4.78 is 4.84. The maximum absolute atomic E-state index is 12.7. The molecule has 166 valence electrons. The summed E-state index contributed by atoms with van der Waals surface area (Å²) in [6.45, 7) is 3.80. The van der Waals surface area contributed by atoms with Crippen LogP contribution in [0.25, 0.3) is 0 Å². The summed E-state index contributed by atoms with van der Waals surface area (Å²) >= 11 is 1.91. The number of thiazole rings is 1. The van der Waals surface area contributed by atoms with Gasteiger partial charge in [0.2, 0.25) is 0 Å². The summed E-state index contributed by atoms with van der Waals surface area (Å²) in [4.78, 5) is 35.2. The fourth-order valence-electron chi connectivity index (χ4n) is 4.91. The highest BCUT2D eigenvalue weighted by Gasteiger charge is 2.31. The van der Waals surface area contributed by atoms with Gasteiger partial charge in [0.15, 0.2) is 0 Å². The van der Waals surface area contributed by atoms with Gasteiger partial charge in [-0.05, 0) is 52.0 Å². The molecule has 0 spiro atoms. The van der Waals surface area contributed by atoms with Crippen LogP contribution >= 0.6 is 11.3 Å². The van der Waals surface area contributed by atoms with Gasteiger partial charge in [0.25, 0.3) is 0 Å². The maximum Gasteiger partial charge on any atom is 0.317 e. The third kappa shape index (κ3) is 4.97. The number of amides is 2. The summed E-state index contributed by atoms with van der Waals surface area (Å²) in [5.74, 6) is 0.361. The first-order chi connectivity index (χ1) is 14.5. The molecule has 3 aliphatic rings. The van der Waals surface area contributed by atoms with Crippen molar-refractivity contribution in [2.75, 3.05) is 40.3 Å². The van der Waals surface area contributed by atoms with Crippen LogP contribution in [0.4, 0.5) is 4.79 Å². The van der Waals surface area contributed by atoms with Crippen molar-refractivity contribution < 1.29 is 14.3 Å². The van der Waals surface area contributed by atoms with Gasteiger partial charge < -0.3 is 19.9 Å². The van der Waals surface area contributed by atoms with Gasteiger partial charge in [-0.1, -0.05) is 0 Å². The first kappa shape index (κ1) is 21.6. The Hall–Kier alpha value is -1.67. The van der Waals surface area contributed by atoms with Gasteiger partial charge in [0, 0.05) is 49.4 Å². The minimum absolute atomic E-state index is 0.00675. The standard InChI is InChI=1S/C22H34N4O3S/c1-25-11-9-18-19(10-12-25)30-20(24-18)15-7-13-26(14-8-15)22(28)23-17-5-3-16(4-6-17)21(27)29-2/h15-17H,3-14H2,1-2H3,(H,23,28).